The first-order chi connectivity index (χ1) is 13.5. The number of fused-ring (bicyclic) bond motifs is 2. The van der Waals surface area contributed by atoms with Crippen LogP contribution in [0.25, 0.3) is 0 Å². The van der Waals surface area contributed by atoms with Crippen molar-refractivity contribution >= 4 is 17.8 Å². The van der Waals surface area contributed by atoms with Crippen LogP contribution >= 0.6 is 0 Å². The van der Waals surface area contributed by atoms with Gasteiger partial charge in [0, 0.05) is 37.6 Å². The van der Waals surface area contributed by atoms with Crippen LogP contribution in [0.1, 0.15) is 38.7 Å². The first-order valence-corrected chi connectivity index (χ1v) is 9.78. The molecule has 0 atom stereocenters. The Bertz CT molecular complexity index is 855. The quantitative estimate of drug-likeness (QED) is 0.881. The van der Waals surface area contributed by atoms with Crippen molar-refractivity contribution in [1.29, 1.82) is 0 Å². The standard InChI is InChI=1S/C20H26N6O2/c1-15(2)23-19(28)24-11-6-20(7-12-24)13-18(27)25(17-5-10-22-26(17)20)14-16-3-8-21-9-4-16/h3-5,8-10,15H,6-7,11-14H2,1-2H3,(H,23,28). The number of carbonyl (C=O) groups excluding carboxylic acids is 2. The summed E-state index contributed by atoms with van der Waals surface area (Å²) in [5.74, 6) is 0.929. The van der Waals surface area contributed by atoms with Crippen molar-refractivity contribution in [2.45, 2.75) is 51.2 Å². The highest BCUT2D eigenvalue weighted by Gasteiger charge is 2.46. The Balaban J connectivity index is 1.53. The van der Waals surface area contributed by atoms with E-state index < -0.39 is 0 Å². The molecule has 0 radical (unpaired) electrons. The van der Waals surface area contributed by atoms with Gasteiger partial charge in [-0.05, 0) is 44.4 Å². The minimum absolute atomic E-state index is 0.0352. The van der Waals surface area contributed by atoms with E-state index in [4.69, 9.17) is 0 Å². The largest absolute Gasteiger partial charge is 0.336 e. The third-order valence-corrected chi connectivity index (χ3v) is 5.61. The topological polar surface area (TPSA) is 83.4 Å². The van der Waals surface area contributed by atoms with Crippen molar-refractivity contribution in [2.75, 3.05) is 18.0 Å². The summed E-state index contributed by atoms with van der Waals surface area (Å²) in [4.78, 5) is 33.1. The molecule has 2 aromatic rings. The van der Waals surface area contributed by atoms with Gasteiger partial charge in [0.05, 0.1) is 24.7 Å². The highest BCUT2D eigenvalue weighted by Crippen LogP contribution is 2.41. The monoisotopic (exact) mass is 382 g/mol. The Morgan fingerprint density at radius 3 is 2.57 bits per heavy atom. The fourth-order valence-corrected chi connectivity index (χ4v) is 4.14. The minimum atomic E-state index is -0.348. The number of nitrogens with zero attached hydrogens (tertiary/aromatic N) is 5. The molecule has 8 heteroatoms. The predicted octanol–water partition coefficient (Wildman–Crippen LogP) is 2.12. The van der Waals surface area contributed by atoms with Crippen LogP contribution in [0.3, 0.4) is 0 Å². The molecule has 1 fully saturated rings. The normalized spacial score (nSPS) is 18.5. The van der Waals surface area contributed by atoms with Gasteiger partial charge < -0.3 is 10.2 Å². The average Bonchev–Trinajstić information content (AvgIpc) is 3.17. The number of nitrogens with one attached hydrogen (secondary N) is 1. The van der Waals surface area contributed by atoms with Gasteiger partial charge in [-0.1, -0.05) is 0 Å². The zero-order valence-electron chi connectivity index (χ0n) is 16.3. The van der Waals surface area contributed by atoms with Crippen LogP contribution in [0.15, 0.2) is 36.8 Å². The lowest BCUT2D eigenvalue weighted by molar-refractivity contribution is -0.123. The Kier molecular flexibility index (Phi) is 4.78. The van der Waals surface area contributed by atoms with Crippen molar-refractivity contribution in [3.8, 4) is 0 Å². The molecule has 1 spiro atoms. The summed E-state index contributed by atoms with van der Waals surface area (Å²) in [6, 6.07) is 5.82. The van der Waals surface area contributed by atoms with Crippen LogP contribution in [0.4, 0.5) is 10.6 Å². The number of aromatic nitrogens is 3. The van der Waals surface area contributed by atoms with E-state index >= 15 is 0 Å². The highest BCUT2D eigenvalue weighted by atomic mass is 16.2. The van der Waals surface area contributed by atoms with Crippen LogP contribution in [0.2, 0.25) is 0 Å². The lowest BCUT2D eigenvalue weighted by atomic mass is 9.82. The predicted molar refractivity (Wildman–Crippen MR) is 105 cm³/mol. The summed E-state index contributed by atoms with van der Waals surface area (Å²) < 4.78 is 2.01. The summed E-state index contributed by atoms with van der Waals surface area (Å²) in [6.07, 6.45) is 7.09. The molecule has 0 aromatic carbocycles. The van der Waals surface area contributed by atoms with Gasteiger partial charge in [0.15, 0.2) is 0 Å². The lowest BCUT2D eigenvalue weighted by Crippen LogP contribution is -2.56. The molecule has 2 aliphatic rings. The van der Waals surface area contributed by atoms with Crippen LogP contribution < -0.4 is 10.2 Å². The number of amides is 3. The number of piperidine rings is 1. The van der Waals surface area contributed by atoms with Gasteiger partial charge in [0.25, 0.3) is 0 Å². The average molecular weight is 382 g/mol. The third-order valence-electron chi connectivity index (χ3n) is 5.61. The molecule has 0 bridgehead atoms. The van der Waals surface area contributed by atoms with E-state index in [0.717, 1.165) is 24.2 Å². The Morgan fingerprint density at radius 1 is 1.18 bits per heavy atom. The maximum absolute atomic E-state index is 13.1. The van der Waals surface area contributed by atoms with Crippen LogP contribution in [0, 0.1) is 0 Å². The molecule has 148 valence electrons. The fraction of sp³-hybridized carbons (Fsp3) is 0.500. The second-order valence-electron chi connectivity index (χ2n) is 7.93. The number of hydrogen-bond donors (Lipinski definition) is 1. The molecule has 0 aliphatic carbocycles. The first kappa shape index (κ1) is 18.5. The van der Waals surface area contributed by atoms with Crippen LogP contribution in [-0.4, -0.2) is 50.7 Å². The molecule has 28 heavy (non-hydrogen) atoms. The number of anilines is 1. The molecule has 0 saturated carbocycles. The Hall–Kier alpha value is -2.90. The van der Waals surface area contributed by atoms with E-state index in [-0.39, 0.29) is 23.5 Å². The third kappa shape index (κ3) is 3.34. The highest BCUT2D eigenvalue weighted by molar-refractivity contribution is 5.94. The fourth-order valence-electron chi connectivity index (χ4n) is 4.14. The lowest BCUT2D eigenvalue weighted by Gasteiger charge is -2.46. The van der Waals surface area contributed by atoms with Crippen molar-refractivity contribution < 1.29 is 9.59 Å². The van der Waals surface area contributed by atoms with Crippen LogP contribution in [-0.2, 0) is 16.9 Å². The van der Waals surface area contributed by atoms with Gasteiger partial charge in [-0.15, -0.1) is 0 Å². The molecular formula is C20H26N6O2. The molecule has 1 N–H and O–H groups in total. The second kappa shape index (κ2) is 7.26. The molecule has 3 amide bonds. The molecular weight excluding hydrogens is 356 g/mol. The van der Waals surface area contributed by atoms with Crippen molar-refractivity contribution in [3.63, 3.8) is 0 Å². The summed E-state index contributed by atoms with van der Waals surface area (Å²) >= 11 is 0. The number of likely N-dealkylation sites (tertiary alicyclic amines) is 1. The molecule has 4 heterocycles. The summed E-state index contributed by atoms with van der Waals surface area (Å²) in [7, 11) is 0. The second-order valence-corrected chi connectivity index (χ2v) is 7.93. The summed E-state index contributed by atoms with van der Waals surface area (Å²) in [5.41, 5.74) is 0.687. The summed E-state index contributed by atoms with van der Waals surface area (Å²) in [6.45, 7) is 5.66. The number of rotatable bonds is 3. The number of pyridine rings is 1. The van der Waals surface area contributed by atoms with E-state index in [1.54, 1.807) is 23.5 Å². The van der Waals surface area contributed by atoms with E-state index in [1.807, 2.05) is 41.6 Å². The molecule has 2 aliphatic heterocycles. The Morgan fingerprint density at radius 2 is 1.89 bits per heavy atom. The van der Waals surface area contributed by atoms with Crippen molar-refractivity contribution in [1.82, 2.24) is 25.0 Å². The number of urea groups is 1. The zero-order valence-corrected chi connectivity index (χ0v) is 16.3. The molecule has 0 unspecified atom stereocenters. The molecule has 1 saturated heterocycles. The summed E-state index contributed by atoms with van der Waals surface area (Å²) in [5, 5.41) is 7.52. The zero-order chi connectivity index (χ0) is 19.7. The first-order valence-electron chi connectivity index (χ1n) is 9.78. The van der Waals surface area contributed by atoms with Gasteiger partial charge in [-0.3, -0.25) is 14.7 Å². The minimum Gasteiger partial charge on any atom is -0.336 e. The molecule has 2 aromatic heterocycles. The van der Waals surface area contributed by atoms with E-state index in [9.17, 15) is 9.59 Å². The maximum Gasteiger partial charge on any atom is 0.317 e. The van der Waals surface area contributed by atoms with E-state index in [0.29, 0.717) is 26.1 Å². The smallest absolute Gasteiger partial charge is 0.317 e. The molecule has 8 nitrogen and oxygen atoms in total. The van der Waals surface area contributed by atoms with Gasteiger partial charge in [0.2, 0.25) is 5.91 Å². The van der Waals surface area contributed by atoms with Gasteiger partial charge in [0.1, 0.15) is 5.82 Å². The van der Waals surface area contributed by atoms with Gasteiger partial charge >= 0.3 is 6.03 Å². The van der Waals surface area contributed by atoms with Gasteiger partial charge in [-0.2, -0.15) is 5.10 Å². The van der Waals surface area contributed by atoms with E-state index in [2.05, 4.69) is 15.4 Å². The number of hydrogen-bond acceptors (Lipinski definition) is 4. The van der Waals surface area contributed by atoms with Crippen LogP contribution in [0.5, 0.6) is 0 Å². The number of carbonyl (C=O) groups is 2. The van der Waals surface area contributed by atoms with Crippen molar-refractivity contribution in [2.24, 2.45) is 0 Å². The van der Waals surface area contributed by atoms with Crippen molar-refractivity contribution in [3.05, 3.63) is 42.4 Å². The molecule has 4 rings (SSSR count). The van der Waals surface area contributed by atoms with Gasteiger partial charge in [-0.25, -0.2) is 9.48 Å². The SMILES string of the molecule is CC(C)NC(=O)N1CCC2(CC1)CC(=O)N(Cc1ccncc1)c1ccnn12. The maximum atomic E-state index is 13.1. The van der Waals surface area contributed by atoms with E-state index in [1.165, 1.54) is 0 Å². The Labute approximate surface area is 164 Å².